The number of nitrogens with zero attached hydrogens (tertiary/aromatic N) is 1. The van der Waals surface area contributed by atoms with Crippen molar-refractivity contribution < 1.29 is 9.53 Å². The molecule has 1 N–H and O–H groups in total. The van der Waals surface area contributed by atoms with Gasteiger partial charge in [0.15, 0.2) is 0 Å². The third-order valence-electron chi connectivity index (χ3n) is 1.59. The van der Waals surface area contributed by atoms with E-state index in [1.165, 1.54) is 18.4 Å². The van der Waals surface area contributed by atoms with Crippen molar-refractivity contribution in [2.45, 2.75) is 13.0 Å². The highest BCUT2D eigenvalue weighted by molar-refractivity contribution is 7.07. The number of ether oxygens (including phenoxy) is 1. The third kappa shape index (κ3) is 2.50. The van der Waals surface area contributed by atoms with Crippen LogP contribution in [0.5, 0.6) is 0 Å². The molecule has 0 aliphatic carbocycles. The predicted molar refractivity (Wildman–Crippen MR) is 50.5 cm³/mol. The molecule has 0 aromatic carbocycles. The Morgan fingerprint density at radius 1 is 1.85 bits per heavy atom. The molecule has 0 aliphatic rings. The summed E-state index contributed by atoms with van der Waals surface area (Å²) in [6, 6.07) is -0.429. The lowest BCUT2D eigenvalue weighted by Gasteiger charge is -2.12. The second-order valence-electron chi connectivity index (χ2n) is 2.43. The molecule has 0 aliphatic heterocycles. The maximum atomic E-state index is 11.3. The van der Waals surface area contributed by atoms with Crippen LogP contribution in [0.1, 0.15) is 18.7 Å². The second kappa shape index (κ2) is 4.94. The number of rotatable bonds is 4. The lowest BCUT2D eigenvalue weighted by molar-refractivity contribution is -0.143. The van der Waals surface area contributed by atoms with Gasteiger partial charge in [-0.1, -0.05) is 6.92 Å². The molecule has 1 atom stereocenters. The van der Waals surface area contributed by atoms with Gasteiger partial charge >= 0.3 is 5.97 Å². The van der Waals surface area contributed by atoms with E-state index in [1.807, 2.05) is 12.3 Å². The molecule has 1 aromatic rings. The van der Waals surface area contributed by atoms with Crippen LogP contribution in [0.3, 0.4) is 0 Å². The molecule has 1 rings (SSSR count). The van der Waals surface area contributed by atoms with E-state index < -0.39 is 6.04 Å². The van der Waals surface area contributed by atoms with E-state index in [0.717, 1.165) is 5.69 Å². The van der Waals surface area contributed by atoms with Crippen LogP contribution in [0.4, 0.5) is 0 Å². The summed E-state index contributed by atoms with van der Waals surface area (Å²) in [6.07, 6.45) is 0. The van der Waals surface area contributed by atoms with E-state index in [4.69, 9.17) is 0 Å². The van der Waals surface area contributed by atoms with Crippen LogP contribution in [0.2, 0.25) is 0 Å². The summed E-state index contributed by atoms with van der Waals surface area (Å²) in [6.45, 7) is 2.64. The lowest BCUT2D eigenvalue weighted by Crippen LogP contribution is -2.29. The van der Waals surface area contributed by atoms with Crippen molar-refractivity contribution in [2.24, 2.45) is 0 Å². The van der Waals surface area contributed by atoms with Crippen LogP contribution in [-0.2, 0) is 9.53 Å². The summed E-state index contributed by atoms with van der Waals surface area (Å²) in [7, 11) is 1.37. The molecule has 1 heterocycles. The number of carbonyl (C=O) groups excluding carboxylic acids is 1. The maximum Gasteiger partial charge on any atom is 0.329 e. The van der Waals surface area contributed by atoms with E-state index >= 15 is 0 Å². The molecule has 0 amide bonds. The topological polar surface area (TPSA) is 51.2 Å². The fraction of sp³-hybridized carbons (Fsp3) is 0.500. The maximum absolute atomic E-state index is 11.3. The van der Waals surface area contributed by atoms with Crippen molar-refractivity contribution >= 4 is 17.3 Å². The van der Waals surface area contributed by atoms with Crippen molar-refractivity contribution in [3.63, 3.8) is 0 Å². The fourth-order valence-corrected chi connectivity index (χ4v) is 1.57. The molecule has 13 heavy (non-hydrogen) atoms. The number of nitrogens with one attached hydrogen (secondary N) is 1. The SMILES string of the molecule is CCNC(C(=O)OC)c1cscn1. The minimum atomic E-state index is -0.429. The van der Waals surface area contributed by atoms with Crippen molar-refractivity contribution in [1.82, 2.24) is 10.3 Å². The standard InChI is InChI=1S/C8H12N2O2S/c1-3-9-7(8(11)12-2)6-4-13-5-10-6/h4-5,7,9H,3H2,1-2H3. The van der Waals surface area contributed by atoms with Gasteiger partial charge in [0.25, 0.3) is 0 Å². The van der Waals surface area contributed by atoms with Gasteiger partial charge in [-0.2, -0.15) is 0 Å². The van der Waals surface area contributed by atoms with E-state index in [2.05, 4.69) is 15.0 Å². The Labute approximate surface area is 80.9 Å². The normalized spacial score (nSPS) is 12.5. The Hall–Kier alpha value is -0.940. The van der Waals surface area contributed by atoms with Gasteiger partial charge in [0.1, 0.15) is 6.04 Å². The molecular formula is C8H12N2O2S. The number of carbonyl (C=O) groups is 1. The number of esters is 1. The van der Waals surface area contributed by atoms with Crippen molar-refractivity contribution in [3.8, 4) is 0 Å². The van der Waals surface area contributed by atoms with E-state index in [1.54, 1.807) is 5.51 Å². The first-order valence-corrected chi connectivity index (χ1v) is 4.93. The van der Waals surface area contributed by atoms with Crippen LogP contribution < -0.4 is 5.32 Å². The predicted octanol–water partition coefficient (Wildman–Crippen LogP) is 0.967. The Morgan fingerprint density at radius 2 is 2.62 bits per heavy atom. The van der Waals surface area contributed by atoms with Gasteiger partial charge in [0.2, 0.25) is 0 Å². The zero-order valence-electron chi connectivity index (χ0n) is 7.61. The molecule has 1 unspecified atom stereocenters. The second-order valence-corrected chi connectivity index (χ2v) is 3.15. The molecule has 0 spiro atoms. The Balaban J connectivity index is 2.74. The van der Waals surface area contributed by atoms with Crippen LogP contribution in [0.15, 0.2) is 10.9 Å². The van der Waals surface area contributed by atoms with Crippen LogP contribution in [-0.4, -0.2) is 24.6 Å². The molecule has 0 bridgehead atoms. The first-order chi connectivity index (χ1) is 6.29. The van der Waals surface area contributed by atoms with Crippen molar-refractivity contribution in [3.05, 3.63) is 16.6 Å². The van der Waals surface area contributed by atoms with Gasteiger partial charge in [0, 0.05) is 5.38 Å². The summed E-state index contributed by atoms with van der Waals surface area (Å²) >= 11 is 1.46. The van der Waals surface area contributed by atoms with E-state index in [9.17, 15) is 4.79 Å². The highest BCUT2D eigenvalue weighted by Crippen LogP contribution is 2.13. The number of thiazole rings is 1. The average Bonchev–Trinajstić information content (AvgIpc) is 2.65. The first-order valence-electron chi connectivity index (χ1n) is 3.99. The molecule has 0 radical (unpaired) electrons. The van der Waals surface area contributed by atoms with Gasteiger partial charge in [-0.05, 0) is 6.54 Å². The number of hydrogen-bond acceptors (Lipinski definition) is 5. The first kappa shape index (κ1) is 10.1. The summed E-state index contributed by atoms with van der Waals surface area (Å²) in [4.78, 5) is 15.3. The van der Waals surface area contributed by atoms with Crippen LogP contribution in [0.25, 0.3) is 0 Å². The molecule has 72 valence electrons. The van der Waals surface area contributed by atoms with E-state index in [0.29, 0.717) is 6.54 Å². The monoisotopic (exact) mass is 200 g/mol. The molecule has 5 heteroatoms. The zero-order chi connectivity index (χ0) is 9.68. The molecule has 0 fully saturated rings. The number of likely N-dealkylation sites (N-methyl/N-ethyl adjacent to an activating group) is 1. The highest BCUT2D eigenvalue weighted by atomic mass is 32.1. The highest BCUT2D eigenvalue weighted by Gasteiger charge is 2.21. The third-order valence-corrected chi connectivity index (χ3v) is 2.20. The summed E-state index contributed by atoms with van der Waals surface area (Å²) in [5.74, 6) is -0.298. The minimum Gasteiger partial charge on any atom is -0.468 e. The Kier molecular flexibility index (Phi) is 3.85. The fourth-order valence-electron chi connectivity index (χ4n) is 0.995. The summed E-state index contributed by atoms with van der Waals surface area (Å²) < 4.78 is 4.65. The molecule has 4 nitrogen and oxygen atoms in total. The molecule has 0 saturated heterocycles. The summed E-state index contributed by atoms with van der Waals surface area (Å²) in [5.41, 5.74) is 2.42. The molecular weight excluding hydrogens is 188 g/mol. The Morgan fingerprint density at radius 3 is 3.08 bits per heavy atom. The van der Waals surface area contributed by atoms with E-state index in [-0.39, 0.29) is 5.97 Å². The largest absolute Gasteiger partial charge is 0.468 e. The van der Waals surface area contributed by atoms with Gasteiger partial charge in [-0.15, -0.1) is 11.3 Å². The Bertz CT molecular complexity index is 261. The minimum absolute atomic E-state index is 0.298. The van der Waals surface area contributed by atoms with Gasteiger partial charge in [0.05, 0.1) is 18.3 Å². The zero-order valence-corrected chi connectivity index (χ0v) is 8.43. The van der Waals surface area contributed by atoms with Gasteiger partial charge in [-0.3, -0.25) is 5.32 Å². The van der Waals surface area contributed by atoms with Crippen LogP contribution in [0, 0.1) is 0 Å². The number of hydrogen-bond donors (Lipinski definition) is 1. The number of methoxy groups -OCH3 is 1. The lowest BCUT2D eigenvalue weighted by atomic mass is 10.2. The summed E-state index contributed by atoms with van der Waals surface area (Å²) in [5, 5.41) is 4.84. The smallest absolute Gasteiger partial charge is 0.329 e. The van der Waals surface area contributed by atoms with Crippen LogP contribution >= 0.6 is 11.3 Å². The average molecular weight is 200 g/mol. The van der Waals surface area contributed by atoms with Crippen molar-refractivity contribution in [2.75, 3.05) is 13.7 Å². The molecule has 0 saturated carbocycles. The van der Waals surface area contributed by atoms with Gasteiger partial charge in [-0.25, -0.2) is 9.78 Å². The van der Waals surface area contributed by atoms with Gasteiger partial charge < -0.3 is 4.74 Å². The number of aromatic nitrogens is 1. The van der Waals surface area contributed by atoms with Crippen molar-refractivity contribution in [1.29, 1.82) is 0 Å². The molecule has 1 aromatic heterocycles. The quantitative estimate of drug-likeness (QED) is 0.736.